The van der Waals surface area contributed by atoms with E-state index in [-0.39, 0.29) is 18.2 Å². The third-order valence-electron chi connectivity index (χ3n) is 2.07. The molecule has 17 heavy (non-hydrogen) atoms. The van der Waals surface area contributed by atoms with Gasteiger partial charge in [0.25, 0.3) is 5.91 Å². The molecule has 0 spiro atoms. The number of nitrogens with zero attached hydrogens (tertiary/aromatic N) is 1. The highest BCUT2D eigenvalue weighted by atomic mass is 79.9. The summed E-state index contributed by atoms with van der Waals surface area (Å²) in [4.78, 5) is 15.7. The number of aromatic nitrogens is 1. The maximum atomic E-state index is 11.7. The van der Waals surface area contributed by atoms with Crippen LogP contribution in [0.15, 0.2) is 39.5 Å². The Bertz CT molecular complexity index is 522. The van der Waals surface area contributed by atoms with Gasteiger partial charge in [-0.1, -0.05) is 0 Å². The van der Waals surface area contributed by atoms with Crippen LogP contribution in [0, 0.1) is 0 Å². The van der Waals surface area contributed by atoms with E-state index in [1.807, 2.05) is 0 Å². The van der Waals surface area contributed by atoms with Crippen molar-refractivity contribution in [1.82, 2.24) is 4.98 Å². The molecule has 6 heteroatoms. The summed E-state index contributed by atoms with van der Waals surface area (Å²) in [5.74, 6) is 0.478. The van der Waals surface area contributed by atoms with Gasteiger partial charge in [0.15, 0.2) is 5.76 Å². The molecule has 0 aliphatic rings. The van der Waals surface area contributed by atoms with Crippen LogP contribution in [0.5, 0.6) is 0 Å². The van der Waals surface area contributed by atoms with E-state index in [0.717, 1.165) is 0 Å². The van der Waals surface area contributed by atoms with Crippen LogP contribution in [0.25, 0.3) is 0 Å². The Kier molecular flexibility index (Phi) is 3.55. The molecule has 2 rings (SSSR count). The second-order valence-corrected chi connectivity index (χ2v) is 4.11. The summed E-state index contributed by atoms with van der Waals surface area (Å²) in [5, 5.41) is 2.67. The second kappa shape index (κ2) is 5.11. The summed E-state index contributed by atoms with van der Waals surface area (Å²) >= 11 is 3.21. The van der Waals surface area contributed by atoms with Crippen molar-refractivity contribution in [2.24, 2.45) is 5.73 Å². The zero-order valence-electron chi connectivity index (χ0n) is 8.81. The first-order valence-electron chi connectivity index (χ1n) is 4.91. The summed E-state index contributed by atoms with van der Waals surface area (Å²) in [7, 11) is 0. The van der Waals surface area contributed by atoms with Crippen molar-refractivity contribution in [3.8, 4) is 0 Å². The molecule has 88 valence electrons. The first kappa shape index (κ1) is 11.8. The van der Waals surface area contributed by atoms with Crippen LogP contribution in [-0.2, 0) is 6.54 Å². The number of rotatable bonds is 3. The first-order valence-corrected chi connectivity index (χ1v) is 5.70. The Morgan fingerprint density at radius 2 is 2.24 bits per heavy atom. The topological polar surface area (TPSA) is 81.2 Å². The molecular formula is C11H10BrN3O2. The van der Waals surface area contributed by atoms with Gasteiger partial charge in [0.05, 0.1) is 18.4 Å². The molecule has 0 unspecified atom stereocenters. The van der Waals surface area contributed by atoms with E-state index in [2.05, 4.69) is 26.2 Å². The monoisotopic (exact) mass is 295 g/mol. The van der Waals surface area contributed by atoms with Gasteiger partial charge >= 0.3 is 0 Å². The van der Waals surface area contributed by atoms with Gasteiger partial charge in [-0.05, 0) is 40.2 Å². The third-order valence-corrected chi connectivity index (χ3v) is 2.54. The van der Waals surface area contributed by atoms with Crippen molar-refractivity contribution in [2.75, 3.05) is 5.32 Å². The molecule has 0 fully saturated rings. The van der Waals surface area contributed by atoms with Crippen LogP contribution in [0.4, 0.5) is 5.69 Å². The van der Waals surface area contributed by atoms with Crippen LogP contribution in [0.1, 0.15) is 16.3 Å². The quantitative estimate of drug-likeness (QED) is 0.850. The third kappa shape index (κ3) is 2.92. The zero-order valence-corrected chi connectivity index (χ0v) is 10.4. The molecule has 2 aromatic heterocycles. The minimum Gasteiger partial charge on any atom is -0.455 e. The molecule has 0 saturated carbocycles. The van der Waals surface area contributed by atoms with Gasteiger partial charge in [0, 0.05) is 0 Å². The standard InChI is InChI=1S/C11H10BrN3O2/c12-10-4-1-7(6-14-10)15-11(16)9-3-2-8(5-13)17-9/h1-4,6H,5,13H2,(H,15,16). The molecule has 5 nitrogen and oxygen atoms in total. The van der Waals surface area contributed by atoms with Gasteiger partial charge in [-0.25, -0.2) is 4.98 Å². The molecule has 0 saturated heterocycles. The van der Waals surface area contributed by atoms with E-state index < -0.39 is 0 Å². The molecule has 0 bridgehead atoms. The Morgan fingerprint density at radius 3 is 2.82 bits per heavy atom. The maximum absolute atomic E-state index is 11.7. The number of halogens is 1. The van der Waals surface area contributed by atoms with Crippen LogP contribution >= 0.6 is 15.9 Å². The number of carbonyl (C=O) groups excluding carboxylic acids is 1. The van der Waals surface area contributed by atoms with Crippen LogP contribution < -0.4 is 11.1 Å². The molecule has 3 N–H and O–H groups in total. The Morgan fingerprint density at radius 1 is 1.41 bits per heavy atom. The molecular weight excluding hydrogens is 286 g/mol. The fourth-order valence-electron chi connectivity index (χ4n) is 1.25. The fourth-order valence-corrected chi connectivity index (χ4v) is 1.49. The van der Waals surface area contributed by atoms with Crippen molar-refractivity contribution in [1.29, 1.82) is 0 Å². The van der Waals surface area contributed by atoms with Gasteiger partial charge in [-0.2, -0.15) is 0 Å². The largest absolute Gasteiger partial charge is 0.455 e. The average molecular weight is 296 g/mol. The van der Waals surface area contributed by atoms with Crippen molar-refractivity contribution >= 4 is 27.5 Å². The van der Waals surface area contributed by atoms with Gasteiger partial charge < -0.3 is 15.5 Å². The number of nitrogens with one attached hydrogen (secondary N) is 1. The molecule has 2 aromatic rings. The summed E-state index contributed by atoms with van der Waals surface area (Å²) in [6, 6.07) is 6.74. The fraction of sp³-hybridized carbons (Fsp3) is 0.0909. The number of amides is 1. The molecule has 0 aromatic carbocycles. The lowest BCUT2D eigenvalue weighted by Crippen LogP contribution is -2.11. The normalized spacial score (nSPS) is 10.2. The van der Waals surface area contributed by atoms with Crippen molar-refractivity contribution < 1.29 is 9.21 Å². The lowest BCUT2D eigenvalue weighted by molar-refractivity contribution is 0.0995. The second-order valence-electron chi connectivity index (χ2n) is 3.29. The smallest absolute Gasteiger partial charge is 0.291 e. The minimum atomic E-state index is -0.325. The summed E-state index contributed by atoms with van der Waals surface area (Å²) in [6.07, 6.45) is 1.55. The lowest BCUT2D eigenvalue weighted by Gasteiger charge is -2.02. The van der Waals surface area contributed by atoms with Gasteiger partial charge in [-0.3, -0.25) is 4.79 Å². The SMILES string of the molecule is NCc1ccc(C(=O)Nc2ccc(Br)nc2)o1. The highest BCUT2D eigenvalue weighted by Crippen LogP contribution is 2.13. The molecule has 0 atom stereocenters. The van der Waals surface area contributed by atoms with Crippen molar-refractivity contribution in [3.63, 3.8) is 0 Å². The molecule has 0 radical (unpaired) electrons. The number of furan rings is 1. The highest BCUT2D eigenvalue weighted by Gasteiger charge is 2.10. The predicted octanol–water partition coefficient (Wildman–Crippen LogP) is 2.15. The molecule has 2 heterocycles. The van der Waals surface area contributed by atoms with E-state index in [0.29, 0.717) is 16.1 Å². The molecule has 1 amide bonds. The van der Waals surface area contributed by atoms with Gasteiger partial charge in [0.2, 0.25) is 0 Å². The number of anilines is 1. The number of hydrogen-bond acceptors (Lipinski definition) is 4. The maximum Gasteiger partial charge on any atom is 0.291 e. The predicted molar refractivity (Wildman–Crippen MR) is 66.5 cm³/mol. The van der Waals surface area contributed by atoms with Crippen molar-refractivity contribution in [2.45, 2.75) is 6.54 Å². The van der Waals surface area contributed by atoms with E-state index >= 15 is 0 Å². The van der Waals surface area contributed by atoms with E-state index in [1.165, 1.54) is 0 Å². The number of hydrogen-bond donors (Lipinski definition) is 2. The minimum absolute atomic E-state index is 0.230. The van der Waals surface area contributed by atoms with Gasteiger partial charge in [-0.15, -0.1) is 0 Å². The molecule has 0 aliphatic heterocycles. The first-order chi connectivity index (χ1) is 8.19. The van der Waals surface area contributed by atoms with E-state index in [9.17, 15) is 4.79 Å². The lowest BCUT2D eigenvalue weighted by atomic mass is 10.3. The average Bonchev–Trinajstić information content (AvgIpc) is 2.81. The van der Waals surface area contributed by atoms with Crippen LogP contribution in [-0.4, -0.2) is 10.9 Å². The Hall–Kier alpha value is -1.66. The van der Waals surface area contributed by atoms with Crippen LogP contribution in [0.3, 0.4) is 0 Å². The Balaban J connectivity index is 2.08. The van der Waals surface area contributed by atoms with E-state index in [1.54, 1.807) is 30.5 Å². The number of pyridine rings is 1. The van der Waals surface area contributed by atoms with E-state index in [4.69, 9.17) is 10.2 Å². The number of carbonyl (C=O) groups is 1. The highest BCUT2D eigenvalue weighted by molar-refractivity contribution is 9.10. The summed E-state index contributed by atoms with van der Waals surface area (Å²) in [5.41, 5.74) is 5.99. The van der Waals surface area contributed by atoms with Gasteiger partial charge in [0.1, 0.15) is 10.4 Å². The molecule has 0 aliphatic carbocycles. The summed E-state index contributed by atoms with van der Waals surface area (Å²) in [6.45, 7) is 0.271. The van der Waals surface area contributed by atoms with Crippen molar-refractivity contribution in [3.05, 3.63) is 46.6 Å². The number of nitrogens with two attached hydrogens (primary N) is 1. The Labute approximate surface area is 106 Å². The van der Waals surface area contributed by atoms with Crippen LogP contribution in [0.2, 0.25) is 0 Å². The zero-order chi connectivity index (χ0) is 12.3. The summed E-state index contributed by atoms with van der Waals surface area (Å²) < 4.78 is 5.93.